The Labute approximate surface area is 276 Å². The molecule has 6 rings (SSSR count). The fourth-order valence-corrected chi connectivity index (χ4v) is 5.76. The first-order valence-electron chi connectivity index (χ1n) is 14.8. The molecule has 4 aromatic rings. The van der Waals surface area contributed by atoms with Gasteiger partial charge in [-0.25, -0.2) is 4.99 Å². The van der Waals surface area contributed by atoms with E-state index in [4.69, 9.17) is 0 Å². The van der Waals surface area contributed by atoms with Gasteiger partial charge in [0.15, 0.2) is 0 Å². The summed E-state index contributed by atoms with van der Waals surface area (Å²) in [4.78, 5) is 33.2. The highest BCUT2D eigenvalue weighted by atomic mass is 19.4. The number of nitrogens with one attached hydrogen (secondary N) is 1. The number of alkyl halides is 6. The topological polar surface area (TPSA) is 86.5 Å². The van der Waals surface area contributed by atoms with E-state index in [-0.39, 0.29) is 23.2 Å². The van der Waals surface area contributed by atoms with Crippen molar-refractivity contribution in [2.45, 2.75) is 24.3 Å². The van der Waals surface area contributed by atoms with Gasteiger partial charge in [-0.3, -0.25) is 14.9 Å². The van der Waals surface area contributed by atoms with Crippen LogP contribution in [-0.2, 0) is 17.1 Å². The Morgan fingerprint density at radius 3 is 1.84 bits per heavy atom. The number of hydrogen-bond donors (Lipinski definition) is 1. The lowest BCUT2D eigenvalue weighted by Crippen LogP contribution is -2.46. The van der Waals surface area contributed by atoms with Gasteiger partial charge in [0.05, 0.1) is 34.5 Å². The molecule has 13 heteroatoms. The molecule has 0 saturated carbocycles. The Morgan fingerprint density at radius 1 is 0.714 bits per heavy atom. The second-order valence-corrected chi connectivity index (χ2v) is 11.2. The highest BCUT2D eigenvalue weighted by Crippen LogP contribution is 2.45. The normalized spacial score (nSPS) is 18.1. The van der Waals surface area contributed by atoms with Crippen molar-refractivity contribution in [1.82, 2.24) is 10.2 Å². The number of carbonyl (C=O) groups is 2. The van der Waals surface area contributed by atoms with Crippen molar-refractivity contribution in [3.05, 3.63) is 154 Å². The van der Waals surface area contributed by atoms with Gasteiger partial charge >= 0.3 is 12.4 Å². The molecule has 2 unspecified atom stereocenters. The smallest absolute Gasteiger partial charge is 0.334 e. The molecule has 2 aliphatic heterocycles. The Bertz CT molecular complexity index is 2000. The van der Waals surface area contributed by atoms with Crippen LogP contribution in [0, 0.1) is 0 Å². The van der Waals surface area contributed by atoms with Gasteiger partial charge in [-0.1, -0.05) is 78.9 Å². The summed E-state index contributed by atoms with van der Waals surface area (Å²) in [5.41, 5.74) is -1.36. The van der Waals surface area contributed by atoms with Crippen LogP contribution in [0.1, 0.15) is 55.7 Å². The highest BCUT2D eigenvalue weighted by molar-refractivity contribution is 6.20. The van der Waals surface area contributed by atoms with Crippen LogP contribution in [0.2, 0.25) is 0 Å². The quantitative estimate of drug-likeness (QED) is 0.227. The Kier molecular flexibility index (Phi) is 8.76. The van der Waals surface area contributed by atoms with Gasteiger partial charge in [0.1, 0.15) is 0 Å². The minimum absolute atomic E-state index is 0.00389. The molecule has 248 valence electrons. The number of amides is 2. The minimum atomic E-state index is -5.15. The summed E-state index contributed by atoms with van der Waals surface area (Å²) in [7, 11) is 1.22. The largest absolute Gasteiger partial charge is 0.416 e. The van der Waals surface area contributed by atoms with Crippen molar-refractivity contribution in [1.29, 1.82) is 0 Å². The molecule has 0 bridgehead atoms. The summed E-state index contributed by atoms with van der Waals surface area (Å²) in [5, 5.41) is 11.1. The summed E-state index contributed by atoms with van der Waals surface area (Å²) in [6.45, 7) is 0. The van der Waals surface area contributed by atoms with Crippen LogP contribution < -0.4 is 5.32 Å². The molecule has 2 heterocycles. The molecule has 2 amide bonds. The van der Waals surface area contributed by atoms with Crippen LogP contribution in [0.15, 0.2) is 130 Å². The molecule has 0 aromatic heterocycles. The van der Waals surface area contributed by atoms with Crippen LogP contribution in [0.4, 0.5) is 26.3 Å². The van der Waals surface area contributed by atoms with E-state index < -0.39 is 52.8 Å². The number of aliphatic imine (C=N–C) groups is 1. The molecule has 0 aliphatic carbocycles. The summed E-state index contributed by atoms with van der Waals surface area (Å²) in [6.07, 6.45) is -6.93. The van der Waals surface area contributed by atoms with Crippen LogP contribution in [0.3, 0.4) is 0 Å². The molecule has 0 fully saturated rings. The van der Waals surface area contributed by atoms with E-state index in [9.17, 15) is 35.9 Å². The first-order chi connectivity index (χ1) is 23.3. The predicted molar refractivity (Wildman–Crippen MR) is 171 cm³/mol. The van der Waals surface area contributed by atoms with E-state index in [1.54, 1.807) is 66.7 Å². The molecular formula is C36H25F6N5O2. The molecule has 49 heavy (non-hydrogen) atoms. The van der Waals surface area contributed by atoms with Crippen molar-refractivity contribution >= 4 is 29.2 Å². The number of nitrogens with zero attached hydrogens (tertiary/aromatic N) is 4. The number of benzene rings is 4. The Morgan fingerprint density at radius 2 is 1.24 bits per heavy atom. The lowest BCUT2D eigenvalue weighted by atomic mass is 9.78. The highest BCUT2D eigenvalue weighted by Gasteiger charge is 2.45. The van der Waals surface area contributed by atoms with E-state index in [1.807, 2.05) is 6.07 Å². The molecule has 0 radical (unpaired) electrons. The van der Waals surface area contributed by atoms with Crippen molar-refractivity contribution < 1.29 is 35.9 Å². The van der Waals surface area contributed by atoms with Crippen molar-refractivity contribution in [2.24, 2.45) is 15.2 Å². The number of hydrogen-bond acceptors (Lipinski definition) is 5. The van der Waals surface area contributed by atoms with Gasteiger partial charge in [0.2, 0.25) is 11.9 Å². The Balaban J connectivity index is 1.48. The predicted octanol–water partition coefficient (Wildman–Crippen LogP) is 7.57. The van der Waals surface area contributed by atoms with E-state index >= 15 is 0 Å². The third kappa shape index (κ3) is 6.91. The maximum atomic E-state index is 14.3. The van der Waals surface area contributed by atoms with E-state index in [0.29, 0.717) is 34.7 Å². The number of allylic oxidation sites excluding steroid dienone is 2. The molecule has 1 N–H and O–H groups in total. The molecule has 2 atom stereocenters. The monoisotopic (exact) mass is 673 g/mol. The number of fused-ring (bicyclic) bond motifs is 1. The molecule has 2 aliphatic rings. The maximum absolute atomic E-state index is 14.3. The van der Waals surface area contributed by atoms with Crippen LogP contribution >= 0.6 is 0 Å². The van der Waals surface area contributed by atoms with Gasteiger partial charge in [0, 0.05) is 23.7 Å². The third-order valence-electron chi connectivity index (χ3n) is 8.07. The summed E-state index contributed by atoms with van der Waals surface area (Å²) < 4.78 is 83.4. The van der Waals surface area contributed by atoms with Gasteiger partial charge in [-0.05, 0) is 47.5 Å². The first-order valence-corrected chi connectivity index (χ1v) is 14.8. The van der Waals surface area contributed by atoms with Crippen molar-refractivity contribution in [3.63, 3.8) is 0 Å². The SMILES string of the molecule is CN1C(=O)c2ccccc2C(C(=O)NC2=NN=C(c3ccccc3)C=CC(c3ccccc3)=N2)C1c1cc(C(F)(F)F)cc(C(F)(F)F)c1. The van der Waals surface area contributed by atoms with E-state index in [1.165, 1.54) is 31.3 Å². The van der Waals surface area contributed by atoms with Gasteiger partial charge in [-0.15, -0.1) is 10.2 Å². The average Bonchev–Trinajstić information content (AvgIpc) is 3.07. The van der Waals surface area contributed by atoms with Crippen LogP contribution in [0.5, 0.6) is 0 Å². The number of guanidine groups is 1. The number of carbonyl (C=O) groups excluding carboxylic acids is 2. The lowest BCUT2D eigenvalue weighted by Gasteiger charge is -2.40. The maximum Gasteiger partial charge on any atom is 0.416 e. The van der Waals surface area contributed by atoms with E-state index in [2.05, 4.69) is 20.5 Å². The molecule has 4 aromatic carbocycles. The van der Waals surface area contributed by atoms with Gasteiger partial charge in [-0.2, -0.15) is 26.3 Å². The number of likely N-dealkylation sites (N-methyl/N-ethyl adjacent to an activating group) is 1. The fourth-order valence-electron chi connectivity index (χ4n) is 5.76. The van der Waals surface area contributed by atoms with Gasteiger partial charge < -0.3 is 4.90 Å². The zero-order valence-corrected chi connectivity index (χ0v) is 25.5. The molecule has 0 spiro atoms. The second kappa shape index (κ2) is 13.0. The fraction of sp³-hybridized carbons (Fsp3) is 0.139. The van der Waals surface area contributed by atoms with Crippen molar-refractivity contribution in [3.8, 4) is 0 Å². The minimum Gasteiger partial charge on any atom is -0.334 e. The second-order valence-electron chi connectivity index (χ2n) is 11.2. The number of halogens is 6. The zero-order chi connectivity index (χ0) is 34.9. The standard InChI is InChI=1S/C36H25F6N5O2/c1-47-31(23-18-24(35(37,38)39)20-25(19-23)36(40,41)42)30(26-14-8-9-15-27(26)33(47)49)32(48)44-34-43-28(21-10-4-2-5-11-21)16-17-29(45-46-34)22-12-6-3-7-13-22/h2-20,30-31H,1H3,(H,43,44,46,48). The summed E-state index contributed by atoms with van der Waals surface area (Å²) in [5.74, 6) is -3.36. The zero-order valence-electron chi connectivity index (χ0n) is 25.5. The molecular weight excluding hydrogens is 648 g/mol. The summed E-state index contributed by atoms with van der Waals surface area (Å²) >= 11 is 0. The Hall–Kier alpha value is -5.85. The molecule has 7 nitrogen and oxygen atoms in total. The van der Waals surface area contributed by atoms with E-state index in [0.717, 1.165) is 4.90 Å². The number of rotatable bonds is 4. The molecule has 0 saturated heterocycles. The lowest BCUT2D eigenvalue weighted by molar-refractivity contribution is -0.143. The first kappa shape index (κ1) is 33.1. The van der Waals surface area contributed by atoms with Crippen LogP contribution in [-0.4, -0.2) is 41.1 Å². The van der Waals surface area contributed by atoms with Crippen LogP contribution in [0.25, 0.3) is 0 Å². The van der Waals surface area contributed by atoms with Crippen molar-refractivity contribution in [2.75, 3.05) is 7.05 Å². The third-order valence-corrected chi connectivity index (χ3v) is 8.07. The van der Waals surface area contributed by atoms with Gasteiger partial charge in [0.25, 0.3) is 5.91 Å². The average molecular weight is 674 g/mol. The summed E-state index contributed by atoms with van der Waals surface area (Å²) in [6, 6.07) is 23.4.